The molecular weight excluding hydrogens is 282 g/mol. The smallest absolute Gasteiger partial charge is 0.262 e. The van der Waals surface area contributed by atoms with Crippen molar-refractivity contribution in [3.8, 4) is 28.8 Å². The summed E-state index contributed by atoms with van der Waals surface area (Å²) in [6.45, 7) is 1.42. The topological polar surface area (TPSA) is 64.5 Å². The third kappa shape index (κ3) is 3.17. The lowest BCUT2D eigenvalue weighted by Crippen LogP contribution is -2.19. The molecule has 6 heteroatoms. The Morgan fingerprint density at radius 3 is 2.77 bits per heavy atom. The number of hydrogen-bond acceptors (Lipinski definition) is 6. The van der Waals surface area contributed by atoms with Gasteiger partial charge in [0.05, 0.1) is 11.8 Å². The molecule has 3 aromatic rings. The Balaban J connectivity index is 1.82. The second-order valence-corrected chi connectivity index (χ2v) is 5.05. The first-order chi connectivity index (χ1) is 10.7. The van der Waals surface area contributed by atoms with Crippen molar-refractivity contribution < 1.29 is 13.7 Å². The van der Waals surface area contributed by atoms with Crippen molar-refractivity contribution in [3.63, 3.8) is 0 Å². The number of ether oxygens (including phenoxy) is 1. The quantitative estimate of drug-likeness (QED) is 0.697. The first-order valence-corrected chi connectivity index (χ1v) is 6.98. The van der Waals surface area contributed by atoms with E-state index in [1.54, 1.807) is 18.4 Å². The number of furan rings is 1. The molecule has 2 aromatic heterocycles. The van der Waals surface area contributed by atoms with Crippen LogP contribution >= 0.6 is 0 Å². The summed E-state index contributed by atoms with van der Waals surface area (Å²) in [6.07, 6.45) is 1.57. The summed E-state index contributed by atoms with van der Waals surface area (Å²) in [5.41, 5.74) is 0.770. The lowest BCUT2D eigenvalue weighted by Gasteiger charge is -2.12. The summed E-state index contributed by atoms with van der Waals surface area (Å²) in [5.74, 6) is 2.12. The first kappa shape index (κ1) is 14.3. The summed E-state index contributed by atoms with van der Waals surface area (Å²) in [5, 5.41) is 3.94. The fourth-order valence-electron chi connectivity index (χ4n) is 1.95. The molecule has 0 N–H and O–H groups in total. The van der Waals surface area contributed by atoms with Gasteiger partial charge < -0.3 is 18.6 Å². The van der Waals surface area contributed by atoms with Crippen LogP contribution < -0.4 is 4.74 Å². The van der Waals surface area contributed by atoms with E-state index < -0.39 is 0 Å². The highest BCUT2D eigenvalue weighted by Crippen LogP contribution is 2.30. The maximum absolute atomic E-state index is 5.81. The largest absolute Gasteiger partial charge is 0.491 e. The molecule has 114 valence electrons. The Bertz CT molecular complexity index is 720. The number of para-hydroxylation sites is 1. The van der Waals surface area contributed by atoms with Crippen LogP contribution in [0.3, 0.4) is 0 Å². The maximum Gasteiger partial charge on any atom is 0.262 e. The van der Waals surface area contributed by atoms with E-state index in [0.717, 1.165) is 17.9 Å². The summed E-state index contributed by atoms with van der Waals surface area (Å²) < 4.78 is 16.4. The van der Waals surface area contributed by atoms with Gasteiger partial charge in [-0.25, -0.2) is 0 Å². The van der Waals surface area contributed by atoms with Crippen LogP contribution in [0.4, 0.5) is 0 Å². The second-order valence-electron chi connectivity index (χ2n) is 5.05. The van der Waals surface area contributed by atoms with E-state index in [-0.39, 0.29) is 0 Å². The van der Waals surface area contributed by atoms with Gasteiger partial charge in [-0.15, -0.1) is 0 Å². The van der Waals surface area contributed by atoms with Crippen molar-refractivity contribution in [2.45, 2.75) is 0 Å². The van der Waals surface area contributed by atoms with Crippen LogP contribution in [0.15, 0.2) is 51.6 Å². The highest BCUT2D eigenvalue weighted by atomic mass is 16.5. The SMILES string of the molecule is CN(C)CCOc1ccccc1-c1nc(-c2ccco2)no1. The predicted octanol–water partition coefficient (Wildman–Crippen LogP) is 2.94. The van der Waals surface area contributed by atoms with Crippen molar-refractivity contribution in [2.75, 3.05) is 27.2 Å². The van der Waals surface area contributed by atoms with Crippen LogP contribution in [0.25, 0.3) is 23.0 Å². The van der Waals surface area contributed by atoms with Gasteiger partial charge >= 0.3 is 0 Å². The van der Waals surface area contributed by atoms with Crippen LogP contribution in [0, 0.1) is 0 Å². The minimum absolute atomic E-state index is 0.409. The van der Waals surface area contributed by atoms with Gasteiger partial charge in [0.1, 0.15) is 12.4 Å². The molecule has 0 amide bonds. The highest BCUT2D eigenvalue weighted by molar-refractivity contribution is 5.64. The zero-order valence-electron chi connectivity index (χ0n) is 12.5. The Morgan fingerprint density at radius 2 is 2.00 bits per heavy atom. The lowest BCUT2D eigenvalue weighted by atomic mass is 10.2. The van der Waals surface area contributed by atoms with Gasteiger partial charge in [-0.1, -0.05) is 17.3 Å². The third-order valence-corrected chi connectivity index (χ3v) is 3.08. The molecule has 0 fully saturated rings. The minimum atomic E-state index is 0.409. The third-order valence-electron chi connectivity index (χ3n) is 3.08. The van der Waals surface area contributed by atoms with Gasteiger partial charge in [0.25, 0.3) is 5.89 Å². The molecule has 3 rings (SSSR count). The Morgan fingerprint density at radius 1 is 1.14 bits per heavy atom. The van der Waals surface area contributed by atoms with Crippen LogP contribution in [-0.4, -0.2) is 42.3 Å². The number of nitrogens with zero attached hydrogens (tertiary/aromatic N) is 3. The number of aromatic nitrogens is 2. The Kier molecular flexibility index (Phi) is 4.20. The minimum Gasteiger partial charge on any atom is -0.491 e. The van der Waals surface area contributed by atoms with E-state index in [1.807, 2.05) is 38.4 Å². The van der Waals surface area contributed by atoms with Crippen molar-refractivity contribution in [2.24, 2.45) is 0 Å². The van der Waals surface area contributed by atoms with Crippen LogP contribution in [0.5, 0.6) is 5.75 Å². The molecule has 0 saturated heterocycles. The highest BCUT2D eigenvalue weighted by Gasteiger charge is 2.15. The van der Waals surface area contributed by atoms with Crippen LogP contribution in [0.1, 0.15) is 0 Å². The molecule has 0 aliphatic heterocycles. The summed E-state index contributed by atoms with van der Waals surface area (Å²) in [7, 11) is 4.01. The van der Waals surface area contributed by atoms with Crippen molar-refractivity contribution >= 4 is 0 Å². The molecule has 0 aliphatic carbocycles. The number of benzene rings is 1. The monoisotopic (exact) mass is 299 g/mol. The molecule has 1 aromatic carbocycles. The number of hydrogen-bond donors (Lipinski definition) is 0. The lowest BCUT2D eigenvalue weighted by molar-refractivity contribution is 0.261. The Hall–Kier alpha value is -2.60. The van der Waals surface area contributed by atoms with Gasteiger partial charge in [0, 0.05) is 6.54 Å². The second kappa shape index (κ2) is 6.44. The standard InChI is InChI=1S/C16H17N3O3/c1-19(2)9-11-21-13-7-4-3-6-12(13)16-17-15(18-22-16)14-8-5-10-20-14/h3-8,10H,9,11H2,1-2H3. The number of likely N-dealkylation sites (N-methyl/N-ethyl adjacent to an activating group) is 1. The van der Waals surface area contributed by atoms with E-state index in [9.17, 15) is 0 Å². The average molecular weight is 299 g/mol. The van der Waals surface area contributed by atoms with Crippen molar-refractivity contribution in [1.82, 2.24) is 15.0 Å². The average Bonchev–Trinajstić information content (AvgIpc) is 3.18. The molecular formula is C16H17N3O3. The van der Waals surface area contributed by atoms with Crippen LogP contribution in [-0.2, 0) is 0 Å². The molecule has 0 atom stereocenters. The maximum atomic E-state index is 5.81. The van der Waals surface area contributed by atoms with E-state index in [2.05, 4.69) is 15.0 Å². The predicted molar refractivity (Wildman–Crippen MR) is 81.5 cm³/mol. The van der Waals surface area contributed by atoms with Crippen molar-refractivity contribution in [1.29, 1.82) is 0 Å². The van der Waals surface area contributed by atoms with E-state index in [1.165, 1.54) is 0 Å². The van der Waals surface area contributed by atoms with Crippen molar-refractivity contribution in [3.05, 3.63) is 42.7 Å². The van der Waals surface area contributed by atoms with Gasteiger partial charge in [0.2, 0.25) is 5.82 Å². The van der Waals surface area contributed by atoms with E-state index >= 15 is 0 Å². The molecule has 0 radical (unpaired) electrons. The van der Waals surface area contributed by atoms with E-state index in [0.29, 0.717) is 24.1 Å². The molecule has 2 heterocycles. The molecule has 0 saturated carbocycles. The first-order valence-electron chi connectivity index (χ1n) is 6.98. The fraction of sp³-hybridized carbons (Fsp3) is 0.250. The summed E-state index contributed by atoms with van der Waals surface area (Å²) in [6, 6.07) is 11.2. The summed E-state index contributed by atoms with van der Waals surface area (Å²) >= 11 is 0. The number of rotatable bonds is 6. The Labute approximate surface area is 128 Å². The summed E-state index contributed by atoms with van der Waals surface area (Å²) in [4.78, 5) is 6.42. The van der Waals surface area contributed by atoms with Gasteiger partial charge in [0.15, 0.2) is 5.76 Å². The molecule has 0 unspecified atom stereocenters. The van der Waals surface area contributed by atoms with E-state index in [4.69, 9.17) is 13.7 Å². The molecule has 6 nitrogen and oxygen atoms in total. The fourth-order valence-corrected chi connectivity index (χ4v) is 1.95. The normalized spacial score (nSPS) is 11.0. The van der Waals surface area contributed by atoms with Gasteiger partial charge in [-0.05, 0) is 38.4 Å². The molecule has 0 spiro atoms. The molecule has 0 bridgehead atoms. The van der Waals surface area contributed by atoms with Gasteiger partial charge in [-0.3, -0.25) is 0 Å². The zero-order chi connectivity index (χ0) is 15.4. The van der Waals surface area contributed by atoms with Crippen LogP contribution in [0.2, 0.25) is 0 Å². The molecule has 22 heavy (non-hydrogen) atoms. The zero-order valence-corrected chi connectivity index (χ0v) is 12.5. The van der Waals surface area contributed by atoms with Gasteiger partial charge in [-0.2, -0.15) is 4.98 Å². The molecule has 0 aliphatic rings.